The molecule has 0 spiro atoms. The predicted molar refractivity (Wildman–Crippen MR) is 79.3 cm³/mol. The number of carbonyl (C=O) groups excluding carboxylic acids is 1. The highest BCUT2D eigenvalue weighted by molar-refractivity contribution is 5.91. The molecule has 9 nitrogen and oxygen atoms in total. The van der Waals surface area contributed by atoms with Crippen LogP contribution >= 0.6 is 0 Å². The summed E-state index contributed by atoms with van der Waals surface area (Å²) in [7, 11) is 1.49. The molecule has 1 aliphatic heterocycles. The molecule has 0 aromatic carbocycles. The number of hydrogen-bond acceptors (Lipinski definition) is 8. The number of amides is 1. The van der Waals surface area contributed by atoms with Crippen molar-refractivity contribution in [2.45, 2.75) is 6.54 Å². The molecule has 0 radical (unpaired) electrons. The number of ether oxygens (including phenoxy) is 2. The maximum absolute atomic E-state index is 11.9. The van der Waals surface area contributed by atoms with Crippen LogP contribution in [0, 0.1) is 0 Å². The zero-order valence-corrected chi connectivity index (χ0v) is 12.7. The van der Waals surface area contributed by atoms with Crippen molar-refractivity contribution in [1.29, 1.82) is 0 Å². The van der Waals surface area contributed by atoms with Crippen LogP contribution in [0.1, 0.15) is 16.4 Å². The normalized spacial score (nSPS) is 14.6. The van der Waals surface area contributed by atoms with Crippen molar-refractivity contribution in [3.63, 3.8) is 0 Å². The molecule has 2 aromatic heterocycles. The number of rotatable bonds is 5. The Kier molecular flexibility index (Phi) is 4.67. The second kappa shape index (κ2) is 7.05. The summed E-state index contributed by atoms with van der Waals surface area (Å²) in [6.07, 6.45) is 1.44. The first-order chi connectivity index (χ1) is 11.3. The summed E-state index contributed by atoms with van der Waals surface area (Å²) in [4.78, 5) is 26.7. The Morgan fingerprint density at radius 3 is 2.87 bits per heavy atom. The third-order valence-electron chi connectivity index (χ3n) is 3.28. The number of hydrogen-bond donors (Lipinski definition) is 1. The first-order valence-corrected chi connectivity index (χ1v) is 7.19. The fourth-order valence-electron chi connectivity index (χ4n) is 2.12. The van der Waals surface area contributed by atoms with Crippen molar-refractivity contribution in [3.8, 4) is 6.01 Å². The highest BCUT2D eigenvalue weighted by Gasteiger charge is 2.17. The first-order valence-electron chi connectivity index (χ1n) is 7.19. The molecule has 1 saturated heterocycles. The van der Waals surface area contributed by atoms with Crippen molar-refractivity contribution in [1.82, 2.24) is 20.3 Å². The van der Waals surface area contributed by atoms with E-state index < -0.39 is 0 Å². The van der Waals surface area contributed by atoms with Gasteiger partial charge in [-0.2, -0.15) is 15.0 Å². The average Bonchev–Trinajstić information content (AvgIpc) is 3.15. The first kappa shape index (κ1) is 15.2. The van der Waals surface area contributed by atoms with Gasteiger partial charge in [-0.25, -0.2) is 0 Å². The van der Waals surface area contributed by atoms with Crippen molar-refractivity contribution >= 4 is 11.9 Å². The molecule has 2 aromatic rings. The van der Waals surface area contributed by atoms with Gasteiger partial charge in [-0.3, -0.25) is 4.79 Å². The molecule has 3 heterocycles. The lowest BCUT2D eigenvalue weighted by atomic mass is 10.4. The lowest BCUT2D eigenvalue weighted by molar-refractivity contribution is 0.0922. The van der Waals surface area contributed by atoms with E-state index in [1.807, 2.05) is 4.90 Å². The van der Waals surface area contributed by atoms with Crippen LogP contribution in [0.2, 0.25) is 0 Å². The van der Waals surface area contributed by atoms with Crippen LogP contribution in [0.15, 0.2) is 22.8 Å². The number of anilines is 1. The van der Waals surface area contributed by atoms with E-state index in [1.54, 1.807) is 12.1 Å². The third-order valence-corrected chi connectivity index (χ3v) is 3.28. The molecule has 122 valence electrons. The topological polar surface area (TPSA) is 103 Å². The number of morpholine rings is 1. The molecule has 23 heavy (non-hydrogen) atoms. The summed E-state index contributed by atoms with van der Waals surface area (Å²) in [5.74, 6) is 0.836. The van der Waals surface area contributed by atoms with Crippen LogP contribution < -0.4 is 15.0 Å². The maximum atomic E-state index is 11.9. The molecular weight excluding hydrogens is 302 g/mol. The van der Waals surface area contributed by atoms with Crippen LogP contribution in [0.4, 0.5) is 5.95 Å². The Balaban J connectivity index is 1.71. The van der Waals surface area contributed by atoms with Gasteiger partial charge < -0.3 is 24.1 Å². The summed E-state index contributed by atoms with van der Waals surface area (Å²) in [5.41, 5.74) is 0. The second-order valence-corrected chi connectivity index (χ2v) is 4.80. The van der Waals surface area contributed by atoms with Crippen LogP contribution in [0.3, 0.4) is 0 Å². The minimum absolute atomic E-state index is 0.149. The monoisotopic (exact) mass is 319 g/mol. The lowest BCUT2D eigenvalue weighted by Crippen LogP contribution is -2.37. The molecule has 1 aliphatic rings. The molecule has 1 amide bonds. The molecule has 9 heteroatoms. The third kappa shape index (κ3) is 3.75. The highest BCUT2D eigenvalue weighted by atomic mass is 16.5. The fraction of sp³-hybridized carbons (Fsp3) is 0.429. The maximum Gasteiger partial charge on any atom is 0.321 e. The average molecular weight is 319 g/mol. The Morgan fingerprint density at radius 1 is 1.35 bits per heavy atom. The van der Waals surface area contributed by atoms with Crippen LogP contribution in [0.5, 0.6) is 6.01 Å². The molecule has 0 bridgehead atoms. The van der Waals surface area contributed by atoms with Gasteiger partial charge in [0.05, 0.1) is 33.1 Å². The molecule has 0 atom stereocenters. The van der Waals surface area contributed by atoms with Gasteiger partial charge in [-0.05, 0) is 12.1 Å². The SMILES string of the molecule is COc1nc(CNC(=O)c2ccco2)nc(N2CCOCC2)n1. The number of methoxy groups -OCH3 is 1. The standard InChI is InChI=1S/C14H17N5O4/c1-21-14-17-11(9-15-12(20)10-3-2-6-23-10)16-13(18-14)19-4-7-22-8-5-19/h2-3,6H,4-5,7-9H2,1H3,(H,15,20). The zero-order valence-electron chi connectivity index (χ0n) is 12.7. The number of furan rings is 1. The summed E-state index contributed by atoms with van der Waals surface area (Å²) in [5, 5.41) is 2.70. The molecule has 1 fully saturated rings. The minimum Gasteiger partial charge on any atom is -0.467 e. The quantitative estimate of drug-likeness (QED) is 0.836. The van der Waals surface area contributed by atoms with E-state index in [1.165, 1.54) is 13.4 Å². The van der Waals surface area contributed by atoms with Crippen LogP contribution in [-0.2, 0) is 11.3 Å². The van der Waals surface area contributed by atoms with Crippen molar-refractivity contribution in [3.05, 3.63) is 30.0 Å². The summed E-state index contributed by atoms with van der Waals surface area (Å²) in [6, 6.07) is 3.45. The molecule has 0 aliphatic carbocycles. The highest BCUT2D eigenvalue weighted by Crippen LogP contribution is 2.13. The summed E-state index contributed by atoms with van der Waals surface area (Å²) >= 11 is 0. The smallest absolute Gasteiger partial charge is 0.321 e. The van der Waals surface area contributed by atoms with Crippen LogP contribution in [0.25, 0.3) is 0 Å². The molecule has 3 rings (SSSR count). The van der Waals surface area contributed by atoms with Crippen LogP contribution in [-0.4, -0.2) is 54.3 Å². The van der Waals surface area contributed by atoms with E-state index >= 15 is 0 Å². The van der Waals surface area contributed by atoms with E-state index in [9.17, 15) is 4.79 Å². The molecule has 1 N–H and O–H groups in total. The summed E-state index contributed by atoms with van der Waals surface area (Å²) in [6.45, 7) is 2.80. The van der Waals surface area contributed by atoms with Crippen molar-refractivity contribution in [2.75, 3.05) is 38.3 Å². The Morgan fingerprint density at radius 2 is 2.17 bits per heavy atom. The van der Waals surface area contributed by atoms with Crippen molar-refractivity contribution in [2.24, 2.45) is 0 Å². The number of carbonyl (C=O) groups is 1. The van der Waals surface area contributed by atoms with Gasteiger partial charge in [-0.15, -0.1) is 0 Å². The van der Waals surface area contributed by atoms with Crippen molar-refractivity contribution < 1.29 is 18.7 Å². The second-order valence-electron chi connectivity index (χ2n) is 4.80. The van der Waals surface area contributed by atoms with Gasteiger partial charge in [0.25, 0.3) is 5.91 Å². The fourth-order valence-corrected chi connectivity index (χ4v) is 2.12. The number of aromatic nitrogens is 3. The van der Waals surface area contributed by atoms with E-state index in [4.69, 9.17) is 13.9 Å². The van der Waals surface area contributed by atoms with E-state index in [0.717, 1.165) is 0 Å². The molecular formula is C14H17N5O4. The Labute approximate surface area is 132 Å². The van der Waals surface area contributed by atoms with E-state index in [-0.39, 0.29) is 24.2 Å². The van der Waals surface area contributed by atoms with Gasteiger partial charge in [0.1, 0.15) is 0 Å². The Bertz CT molecular complexity index is 655. The number of nitrogens with one attached hydrogen (secondary N) is 1. The summed E-state index contributed by atoms with van der Waals surface area (Å²) < 4.78 is 15.5. The van der Waals surface area contributed by atoms with E-state index in [0.29, 0.717) is 38.1 Å². The van der Waals surface area contributed by atoms with Gasteiger partial charge in [-0.1, -0.05) is 0 Å². The van der Waals surface area contributed by atoms with Gasteiger partial charge in [0, 0.05) is 13.1 Å². The minimum atomic E-state index is -0.331. The van der Waals surface area contributed by atoms with Gasteiger partial charge >= 0.3 is 6.01 Å². The zero-order chi connectivity index (χ0) is 16.1. The lowest BCUT2D eigenvalue weighted by Gasteiger charge is -2.26. The molecule has 0 unspecified atom stereocenters. The van der Waals surface area contributed by atoms with Gasteiger partial charge in [0.2, 0.25) is 5.95 Å². The Hall–Kier alpha value is -2.68. The van der Waals surface area contributed by atoms with Gasteiger partial charge in [0.15, 0.2) is 11.6 Å². The molecule has 0 saturated carbocycles. The van der Waals surface area contributed by atoms with E-state index in [2.05, 4.69) is 20.3 Å². The number of nitrogens with zero attached hydrogens (tertiary/aromatic N) is 4. The largest absolute Gasteiger partial charge is 0.467 e. The predicted octanol–water partition coefficient (Wildman–Crippen LogP) is 0.240.